The van der Waals surface area contributed by atoms with Crippen molar-refractivity contribution in [3.63, 3.8) is 0 Å². The van der Waals surface area contributed by atoms with Gasteiger partial charge in [-0.3, -0.25) is 18.6 Å². The number of carboxylic acid groups (broad SMARTS) is 1. The second-order valence-corrected chi connectivity index (χ2v) is 26.0. The normalized spacial score (nSPS) is 37.6. The number of methoxy groups -OCH3 is 2. The molecule has 0 radical (unpaired) electrons. The summed E-state index contributed by atoms with van der Waals surface area (Å²) in [5.74, 6) is -6.79. The summed E-state index contributed by atoms with van der Waals surface area (Å²) >= 11 is 0. The van der Waals surface area contributed by atoms with Crippen LogP contribution in [0, 0.1) is 23.7 Å². The van der Waals surface area contributed by atoms with Crippen LogP contribution < -0.4 is 10.7 Å². The number of esters is 1. The Morgan fingerprint density at radius 1 is 0.900 bits per heavy atom. The molecule has 3 saturated heterocycles. The number of ketones is 1. The molecule has 0 aliphatic carbocycles. The summed E-state index contributed by atoms with van der Waals surface area (Å²) in [6.45, 7) is 20.9. The zero-order valence-corrected chi connectivity index (χ0v) is 50.5. The molecule has 4 aliphatic heterocycles. The Balaban J connectivity index is 1.21. The summed E-state index contributed by atoms with van der Waals surface area (Å²) in [5, 5.41) is 48.6. The predicted octanol–water partition coefficient (Wildman–Crippen LogP) is 4.25. The van der Waals surface area contributed by atoms with Crippen molar-refractivity contribution in [2.75, 3.05) is 47.2 Å². The molecule has 5 N–H and O–H groups in total. The fraction of sp³-hybridized carbons (Fsp3) is 0.789. The van der Waals surface area contributed by atoms with Crippen molar-refractivity contribution in [1.29, 1.82) is 0 Å². The molecule has 2 aromatic rings. The highest BCUT2D eigenvalue weighted by Crippen LogP contribution is 2.43. The van der Waals surface area contributed by atoms with Gasteiger partial charge in [0.1, 0.15) is 41.0 Å². The zero-order chi connectivity index (χ0) is 59.8. The smallest absolute Gasteiger partial charge is 0.341 e. The first-order valence-corrected chi connectivity index (χ1v) is 29.7. The molecule has 3 fully saturated rings. The molecular weight excluding hydrogens is 1060 g/mol. The van der Waals surface area contributed by atoms with E-state index in [0.717, 1.165) is 11.1 Å². The summed E-state index contributed by atoms with van der Waals surface area (Å²) < 4.78 is 86.2. The van der Waals surface area contributed by atoms with Gasteiger partial charge in [-0.2, -0.15) is 8.42 Å². The highest BCUT2D eigenvalue weighted by atomic mass is 32.2. The molecular formula is C57H91N3O19S. The Hall–Kier alpha value is -3.53. The van der Waals surface area contributed by atoms with Crippen molar-refractivity contribution in [3.8, 4) is 0 Å². The maximum Gasteiger partial charge on any atom is 0.341 e. The number of rotatable bonds is 18. The molecule has 0 amide bonds. The third-order valence-corrected chi connectivity index (χ3v) is 18.7. The summed E-state index contributed by atoms with van der Waals surface area (Å²) in [6, 6.07) is 3.29. The monoisotopic (exact) mass is 1150 g/mol. The first-order chi connectivity index (χ1) is 37.2. The van der Waals surface area contributed by atoms with Crippen LogP contribution >= 0.6 is 0 Å². The first kappa shape index (κ1) is 65.6. The van der Waals surface area contributed by atoms with E-state index in [-0.39, 0.29) is 55.9 Å². The summed E-state index contributed by atoms with van der Waals surface area (Å²) in [7, 11) is 2.36. The van der Waals surface area contributed by atoms with Crippen molar-refractivity contribution in [2.24, 2.45) is 23.7 Å². The lowest BCUT2D eigenvalue weighted by Crippen LogP contribution is -2.62. The minimum atomic E-state index is -4.23. The lowest BCUT2D eigenvalue weighted by molar-refractivity contribution is -0.317. The van der Waals surface area contributed by atoms with Crippen LogP contribution in [0.2, 0.25) is 0 Å². The molecule has 4 aliphatic rings. The maximum absolute atomic E-state index is 14.6. The Morgan fingerprint density at radius 3 is 2.16 bits per heavy atom. The fourth-order valence-electron chi connectivity index (χ4n) is 12.5. The number of likely N-dealkylation sites (N-methyl/N-ethyl adjacent to an activating group) is 1. The second-order valence-electron chi connectivity index (χ2n) is 24.3. The van der Waals surface area contributed by atoms with E-state index in [2.05, 4.69) is 5.32 Å². The van der Waals surface area contributed by atoms with Gasteiger partial charge >= 0.3 is 11.9 Å². The Labute approximate surface area is 471 Å². The Kier molecular flexibility index (Phi) is 21.1. The number of aromatic carboxylic acids is 1. The van der Waals surface area contributed by atoms with Gasteiger partial charge in [-0.25, -0.2) is 4.79 Å². The number of Topliss-reactive ketones (excluding diaryl/α,β-unsaturated/α-hetero) is 1. The van der Waals surface area contributed by atoms with Crippen molar-refractivity contribution < 1.29 is 85.3 Å². The molecule has 23 heteroatoms. The van der Waals surface area contributed by atoms with Gasteiger partial charge in [0.15, 0.2) is 12.6 Å². The SMILES string of the molecule is CC[C@H]1OC(=O)[C@H](C)[C@@H](O[C@H]2C[C@@](C)(OC)[C@@H](OS(=O)(=O)CCNCCCc3cc4c5c(c3)c(=O)c(C(=O)O)cn5C(C)(C)OC4)[C@H](C)O2)[C@H](C)[C@@H](O[C@@H]2O[C@H](C)C[C@H](N(C)C)[C@H]2O)[C@](C)(OC)C[C@@H](C)C(=O)[C@H](C)[C@@H](O)[C@]1(C)O. The molecule has 0 spiro atoms. The van der Waals surface area contributed by atoms with Crippen LogP contribution in [-0.2, 0) is 80.5 Å². The van der Waals surface area contributed by atoms with E-state index in [4.69, 9.17) is 42.1 Å². The second kappa shape index (κ2) is 25.8. The van der Waals surface area contributed by atoms with Crippen LogP contribution in [0.3, 0.4) is 0 Å². The lowest BCUT2D eigenvalue weighted by Gasteiger charge is -2.50. The quantitative estimate of drug-likeness (QED) is 0.0792. The zero-order valence-electron chi connectivity index (χ0n) is 49.7. The molecule has 1 aromatic heterocycles. The minimum Gasteiger partial charge on any atom is -0.477 e. The number of nitrogens with zero attached hydrogens (tertiary/aromatic N) is 2. The number of carbonyl (C=O) groups is 3. The molecule has 1 aromatic carbocycles. The number of hydrogen-bond acceptors (Lipinski definition) is 20. The minimum absolute atomic E-state index is 0.0278. The molecule has 5 heterocycles. The number of aliphatic hydroxyl groups is 3. The largest absolute Gasteiger partial charge is 0.477 e. The number of pyridine rings is 1. The van der Waals surface area contributed by atoms with E-state index in [1.165, 1.54) is 34.3 Å². The number of benzene rings is 1. The third kappa shape index (κ3) is 14.0. The maximum atomic E-state index is 14.6. The van der Waals surface area contributed by atoms with E-state index >= 15 is 0 Å². The Bertz CT molecular complexity index is 2680. The number of carbonyl (C=O) groups excluding carboxylic acids is 2. The first-order valence-electron chi connectivity index (χ1n) is 28.1. The van der Waals surface area contributed by atoms with Crippen LogP contribution in [-0.4, -0.2) is 187 Å². The van der Waals surface area contributed by atoms with Gasteiger partial charge < -0.3 is 73.1 Å². The van der Waals surface area contributed by atoms with E-state index in [1.54, 1.807) is 72.9 Å². The average molecular weight is 1150 g/mol. The number of aliphatic hydroxyl groups excluding tert-OH is 2. The highest BCUT2D eigenvalue weighted by molar-refractivity contribution is 7.86. The summed E-state index contributed by atoms with van der Waals surface area (Å²) in [4.78, 5) is 56.1. The molecule has 454 valence electrons. The number of aromatic nitrogens is 1. The fourth-order valence-corrected chi connectivity index (χ4v) is 13.6. The lowest BCUT2D eigenvalue weighted by atomic mass is 9.74. The van der Waals surface area contributed by atoms with Gasteiger partial charge in [0.2, 0.25) is 5.43 Å². The van der Waals surface area contributed by atoms with Crippen molar-refractivity contribution in [2.45, 2.75) is 218 Å². The number of carboxylic acids is 1. The molecule has 80 heavy (non-hydrogen) atoms. The van der Waals surface area contributed by atoms with Gasteiger partial charge in [-0.15, -0.1) is 0 Å². The van der Waals surface area contributed by atoms with Gasteiger partial charge in [-0.1, -0.05) is 33.8 Å². The number of cyclic esters (lactones) is 1. The van der Waals surface area contributed by atoms with E-state index < -0.39 is 135 Å². The topological polar surface area (TPSA) is 287 Å². The number of ether oxygens (including phenoxy) is 8. The molecule has 0 bridgehead atoms. The third-order valence-electron chi connectivity index (χ3n) is 17.5. The van der Waals surface area contributed by atoms with Gasteiger partial charge in [0.25, 0.3) is 10.1 Å². The van der Waals surface area contributed by atoms with E-state index in [0.29, 0.717) is 36.7 Å². The highest BCUT2D eigenvalue weighted by Gasteiger charge is 2.55. The molecule has 22 nitrogen and oxygen atoms in total. The van der Waals surface area contributed by atoms with Crippen LogP contribution in [0.15, 0.2) is 23.1 Å². The molecule has 18 atom stereocenters. The van der Waals surface area contributed by atoms with E-state index in [1.807, 2.05) is 32.0 Å². The van der Waals surface area contributed by atoms with Gasteiger partial charge in [0, 0.05) is 68.1 Å². The predicted molar refractivity (Wildman–Crippen MR) is 294 cm³/mol. The van der Waals surface area contributed by atoms with Crippen LogP contribution in [0.1, 0.15) is 137 Å². The summed E-state index contributed by atoms with van der Waals surface area (Å²) in [5.41, 5.74) is -4.37. The van der Waals surface area contributed by atoms with Crippen molar-refractivity contribution >= 4 is 38.7 Å². The van der Waals surface area contributed by atoms with Crippen LogP contribution in [0.4, 0.5) is 0 Å². The number of hydrogen-bond donors (Lipinski definition) is 5. The Morgan fingerprint density at radius 2 is 1.55 bits per heavy atom. The number of nitrogens with one attached hydrogen (secondary N) is 1. The molecule has 6 rings (SSSR count). The van der Waals surface area contributed by atoms with Crippen molar-refractivity contribution in [1.82, 2.24) is 14.8 Å². The summed E-state index contributed by atoms with van der Waals surface area (Å²) in [6.07, 6.45) is -8.23. The van der Waals surface area contributed by atoms with Gasteiger partial charge in [-0.05, 0) is 120 Å². The van der Waals surface area contributed by atoms with Crippen LogP contribution in [0.25, 0.3) is 10.9 Å². The standard InChI is InChI=1S/C57H91N3O19S/c1-17-41-57(12,68)48(64)32(4)44(61)30(2)26-55(10,71-15)49(78-53-46(63)40(59(13)14)23-31(3)74-53)33(5)47(34(6)52(67)76-41)77-42-27-56(11,72-16)50(35(7)75-42)79-80(69,70)22-21-58-20-18-19-36-24-37-29-73-54(8,9)60-28-39(51(65)66)45(62)38(25-36)43(37)60/h24-25,28,30-35,40-42,46-50,53,58,63-64,68H,17-23,26-27,29H2,1-16H3,(H,65,66)/t30-,31-,32+,33+,34-,35+,40+,41-,42+,46-,47+,48-,49-,50+,53+,55-,56-,57-/m1/s1. The average Bonchev–Trinajstić information content (AvgIpc) is 3.39. The molecule has 0 unspecified atom stereocenters. The van der Waals surface area contributed by atoms with E-state index in [9.17, 15) is 48.0 Å². The number of aryl methyl sites for hydroxylation is 1. The van der Waals surface area contributed by atoms with Gasteiger partial charge in [0.05, 0.1) is 65.5 Å². The molecule has 0 saturated carbocycles. The van der Waals surface area contributed by atoms with Crippen molar-refractivity contribution in [3.05, 3.63) is 45.2 Å². The van der Waals surface area contributed by atoms with Crippen LogP contribution in [0.5, 0.6) is 0 Å².